The molecule has 0 fully saturated rings. The van der Waals surface area contributed by atoms with E-state index < -0.39 is 5.41 Å². The number of aryl methyl sites for hydroxylation is 1. The summed E-state index contributed by atoms with van der Waals surface area (Å²) in [6.45, 7) is 6.40. The Morgan fingerprint density at radius 2 is 2.00 bits per heavy atom. The number of carbonyl (C=O) groups is 1. The Labute approximate surface area is 110 Å². The van der Waals surface area contributed by atoms with Gasteiger partial charge in [0.05, 0.1) is 5.41 Å². The van der Waals surface area contributed by atoms with Crippen molar-refractivity contribution in [2.45, 2.75) is 40.0 Å². The minimum Gasteiger partial charge on any atom is -0.329 e. The van der Waals surface area contributed by atoms with E-state index in [0.717, 1.165) is 24.9 Å². The molecule has 0 aliphatic rings. The smallest absolute Gasteiger partial charge is 0.231 e. The van der Waals surface area contributed by atoms with Crippen LogP contribution in [0.25, 0.3) is 0 Å². The number of hydrogen-bond donors (Lipinski definition) is 2. The average molecular weight is 248 g/mol. The first-order chi connectivity index (χ1) is 8.57. The van der Waals surface area contributed by atoms with E-state index in [-0.39, 0.29) is 5.91 Å². The molecule has 3 heteroatoms. The molecule has 0 aromatic heterocycles. The van der Waals surface area contributed by atoms with Crippen molar-refractivity contribution in [2.75, 3.05) is 11.9 Å². The molecule has 0 aliphatic heterocycles. The van der Waals surface area contributed by atoms with Gasteiger partial charge in [-0.25, -0.2) is 0 Å². The molecule has 1 atom stereocenters. The van der Waals surface area contributed by atoms with E-state index in [9.17, 15) is 4.79 Å². The summed E-state index contributed by atoms with van der Waals surface area (Å²) in [5.74, 6) is 0.0102. The van der Waals surface area contributed by atoms with Crippen LogP contribution in [0.1, 0.15) is 39.2 Å². The Hall–Kier alpha value is -1.35. The van der Waals surface area contributed by atoms with Gasteiger partial charge in [0.15, 0.2) is 0 Å². The second-order valence-corrected chi connectivity index (χ2v) is 4.98. The normalized spacial score (nSPS) is 14.0. The van der Waals surface area contributed by atoms with Gasteiger partial charge in [-0.3, -0.25) is 4.79 Å². The third-order valence-corrected chi connectivity index (χ3v) is 3.56. The summed E-state index contributed by atoms with van der Waals surface area (Å²) in [4.78, 5) is 12.3. The maximum absolute atomic E-state index is 12.3. The fraction of sp³-hybridized carbons (Fsp3) is 0.533. The zero-order chi connectivity index (χ0) is 13.6. The summed E-state index contributed by atoms with van der Waals surface area (Å²) in [5.41, 5.74) is 7.32. The van der Waals surface area contributed by atoms with Crippen LogP contribution < -0.4 is 11.1 Å². The minimum atomic E-state index is -0.487. The quantitative estimate of drug-likeness (QED) is 0.813. The minimum absolute atomic E-state index is 0.0102. The number of hydrogen-bond acceptors (Lipinski definition) is 2. The Bertz CT molecular complexity index is 397. The van der Waals surface area contributed by atoms with Gasteiger partial charge in [-0.1, -0.05) is 38.5 Å². The number of nitrogens with two attached hydrogens (primary N) is 1. The van der Waals surface area contributed by atoms with E-state index in [4.69, 9.17) is 5.73 Å². The van der Waals surface area contributed by atoms with Crippen LogP contribution in [-0.4, -0.2) is 12.5 Å². The maximum atomic E-state index is 12.3. The number of benzene rings is 1. The van der Waals surface area contributed by atoms with Crippen LogP contribution >= 0.6 is 0 Å². The number of carbonyl (C=O) groups excluding carboxylic acids is 1. The van der Waals surface area contributed by atoms with Crippen LogP contribution in [0.2, 0.25) is 0 Å². The van der Waals surface area contributed by atoms with Gasteiger partial charge in [0.1, 0.15) is 0 Å². The molecule has 1 aromatic rings. The molecule has 3 N–H and O–H groups in total. The van der Waals surface area contributed by atoms with Gasteiger partial charge in [-0.05, 0) is 31.4 Å². The van der Waals surface area contributed by atoms with Crippen molar-refractivity contribution in [3.63, 3.8) is 0 Å². The Balaban J connectivity index is 2.87. The molecule has 1 aromatic carbocycles. The fourth-order valence-corrected chi connectivity index (χ4v) is 1.80. The van der Waals surface area contributed by atoms with Gasteiger partial charge in [0.2, 0.25) is 5.91 Å². The second-order valence-electron chi connectivity index (χ2n) is 4.98. The lowest BCUT2D eigenvalue weighted by Crippen LogP contribution is -2.39. The lowest BCUT2D eigenvalue weighted by Gasteiger charge is -2.25. The first-order valence-corrected chi connectivity index (χ1v) is 6.66. The highest BCUT2D eigenvalue weighted by Gasteiger charge is 2.29. The van der Waals surface area contributed by atoms with Crippen LogP contribution in [0.3, 0.4) is 0 Å². The monoisotopic (exact) mass is 248 g/mol. The maximum Gasteiger partial charge on any atom is 0.231 e. The predicted molar refractivity (Wildman–Crippen MR) is 76.5 cm³/mol. The van der Waals surface area contributed by atoms with Gasteiger partial charge in [-0.15, -0.1) is 0 Å². The molecule has 0 aliphatic carbocycles. The van der Waals surface area contributed by atoms with Gasteiger partial charge in [-0.2, -0.15) is 0 Å². The van der Waals surface area contributed by atoms with Crippen LogP contribution in [0.5, 0.6) is 0 Å². The Morgan fingerprint density at radius 1 is 1.33 bits per heavy atom. The molecule has 0 saturated heterocycles. The molecular formula is C15H24N2O. The predicted octanol–water partition coefficient (Wildman–Crippen LogP) is 2.95. The number of nitrogens with one attached hydrogen (secondary N) is 1. The van der Waals surface area contributed by atoms with Crippen molar-refractivity contribution < 1.29 is 4.79 Å². The summed E-state index contributed by atoms with van der Waals surface area (Å²) >= 11 is 0. The molecule has 1 unspecified atom stereocenters. The van der Waals surface area contributed by atoms with Gasteiger partial charge in [0, 0.05) is 12.2 Å². The summed E-state index contributed by atoms with van der Waals surface area (Å²) < 4.78 is 0. The van der Waals surface area contributed by atoms with E-state index in [0.29, 0.717) is 6.54 Å². The molecule has 0 bridgehead atoms. The van der Waals surface area contributed by atoms with Crippen LogP contribution in [-0.2, 0) is 11.2 Å². The zero-order valence-corrected chi connectivity index (χ0v) is 11.6. The molecule has 0 spiro atoms. The average Bonchev–Trinajstić information content (AvgIpc) is 2.40. The highest BCUT2D eigenvalue weighted by atomic mass is 16.2. The summed E-state index contributed by atoms with van der Waals surface area (Å²) in [7, 11) is 0. The summed E-state index contributed by atoms with van der Waals surface area (Å²) in [6, 6.07) is 7.96. The fourth-order valence-electron chi connectivity index (χ4n) is 1.80. The first-order valence-electron chi connectivity index (χ1n) is 6.66. The third-order valence-electron chi connectivity index (χ3n) is 3.56. The van der Waals surface area contributed by atoms with E-state index in [1.165, 1.54) is 5.56 Å². The van der Waals surface area contributed by atoms with Crippen molar-refractivity contribution in [1.29, 1.82) is 0 Å². The van der Waals surface area contributed by atoms with E-state index in [1.54, 1.807) is 0 Å². The summed E-state index contributed by atoms with van der Waals surface area (Å²) in [5, 5.41) is 3.02. The van der Waals surface area contributed by atoms with Crippen LogP contribution in [0.4, 0.5) is 5.69 Å². The molecule has 100 valence electrons. The molecule has 0 radical (unpaired) electrons. The largest absolute Gasteiger partial charge is 0.329 e. The highest BCUT2D eigenvalue weighted by molar-refractivity contribution is 5.95. The molecule has 3 nitrogen and oxygen atoms in total. The standard InChI is InChI=1S/C15H24N2O/c1-4-8-12-9-6-7-10-13(12)17-14(18)15(3,5-2)11-16/h6-7,9-10H,4-5,8,11,16H2,1-3H3,(H,17,18). The molecule has 0 heterocycles. The number of anilines is 1. The van der Waals surface area contributed by atoms with E-state index in [1.807, 2.05) is 32.0 Å². The van der Waals surface area contributed by atoms with Crippen molar-refractivity contribution in [3.8, 4) is 0 Å². The summed E-state index contributed by atoms with van der Waals surface area (Å²) in [6.07, 6.45) is 2.78. The second kappa shape index (κ2) is 6.55. The molecule has 18 heavy (non-hydrogen) atoms. The SMILES string of the molecule is CCCc1ccccc1NC(=O)C(C)(CC)CN. The lowest BCUT2D eigenvalue weighted by molar-refractivity contribution is -0.124. The van der Waals surface area contributed by atoms with E-state index >= 15 is 0 Å². The molecule has 1 amide bonds. The van der Waals surface area contributed by atoms with Crippen LogP contribution in [0, 0.1) is 5.41 Å². The molecule has 0 saturated carbocycles. The van der Waals surface area contributed by atoms with Crippen molar-refractivity contribution in [2.24, 2.45) is 11.1 Å². The van der Waals surface area contributed by atoms with Gasteiger partial charge < -0.3 is 11.1 Å². The van der Waals surface area contributed by atoms with Crippen molar-refractivity contribution >= 4 is 11.6 Å². The van der Waals surface area contributed by atoms with Crippen molar-refractivity contribution in [1.82, 2.24) is 0 Å². The van der Waals surface area contributed by atoms with Gasteiger partial charge in [0.25, 0.3) is 0 Å². The zero-order valence-electron chi connectivity index (χ0n) is 11.6. The number of rotatable bonds is 6. The molecule has 1 rings (SSSR count). The number of para-hydroxylation sites is 1. The number of amides is 1. The Morgan fingerprint density at radius 3 is 2.56 bits per heavy atom. The highest BCUT2D eigenvalue weighted by Crippen LogP contribution is 2.24. The van der Waals surface area contributed by atoms with E-state index in [2.05, 4.69) is 18.3 Å². The molecular weight excluding hydrogens is 224 g/mol. The lowest BCUT2D eigenvalue weighted by atomic mass is 9.86. The van der Waals surface area contributed by atoms with Crippen molar-refractivity contribution in [3.05, 3.63) is 29.8 Å². The van der Waals surface area contributed by atoms with Crippen LogP contribution in [0.15, 0.2) is 24.3 Å². The first kappa shape index (κ1) is 14.7. The van der Waals surface area contributed by atoms with Gasteiger partial charge >= 0.3 is 0 Å². The topological polar surface area (TPSA) is 55.1 Å². The Kier molecular flexibility index (Phi) is 5.35. The third kappa shape index (κ3) is 3.33.